The molecule has 12 heavy (non-hydrogen) atoms. The first-order valence-corrected chi connectivity index (χ1v) is 3.22. The van der Waals surface area contributed by atoms with E-state index in [2.05, 4.69) is 20.0 Å². The normalized spacial score (nSPS) is 8.75. The molecule has 1 aromatic rings. The molecule has 1 aromatic heterocycles. The van der Waals surface area contributed by atoms with Crippen LogP contribution in [-0.2, 0) is 6.54 Å². The van der Waals surface area contributed by atoms with Crippen molar-refractivity contribution in [2.24, 2.45) is 5.11 Å². The molecule has 6 heteroatoms. The van der Waals surface area contributed by atoms with Crippen LogP contribution < -0.4 is 4.74 Å². The average Bonchev–Trinajstić information content (AvgIpc) is 2.15. The molecule has 0 saturated heterocycles. The fraction of sp³-hybridized carbons (Fsp3) is 0.333. The van der Waals surface area contributed by atoms with Gasteiger partial charge < -0.3 is 4.74 Å². The van der Waals surface area contributed by atoms with Crippen molar-refractivity contribution in [3.05, 3.63) is 28.5 Å². The van der Waals surface area contributed by atoms with Crippen molar-refractivity contribution >= 4 is 0 Å². The largest absolute Gasteiger partial charge is 0.481 e. The third-order valence-corrected chi connectivity index (χ3v) is 1.24. The van der Waals surface area contributed by atoms with Crippen LogP contribution in [-0.4, -0.2) is 17.1 Å². The highest BCUT2D eigenvalue weighted by atomic mass is 16.5. The second-order valence-corrected chi connectivity index (χ2v) is 1.95. The maximum absolute atomic E-state index is 8.07. The van der Waals surface area contributed by atoms with E-state index in [0.29, 0.717) is 11.4 Å². The lowest BCUT2D eigenvalue weighted by molar-refractivity contribution is 0.391. The summed E-state index contributed by atoms with van der Waals surface area (Å²) in [6, 6.07) is 0. The molecule has 0 saturated carbocycles. The number of rotatable bonds is 3. The zero-order valence-electron chi connectivity index (χ0n) is 6.51. The minimum Gasteiger partial charge on any atom is -0.481 e. The summed E-state index contributed by atoms with van der Waals surface area (Å²) in [5.74, 6) is 0.442. The summed E-state index contributed by atoms with van der Waals surface area (Å²) >= 11 is 0. The van der Waals surface area contributed by atoms with Crippen molar-refractivity contribution in [3.63, 3.8) is 0 Å². The molecule has 0 aromatic carbocycles. The van der Waals surface area contributed by atoms with Crippen molar-refractivity contribution in [1.82, 2.24) is 9.97 Å². The Bertz CT molecular complexity index is 307. The molecule has 0 spiro atoms. The Kier molecular flexibility index (Phi) is 2.87. The topological polar surface area (TPSA) is 83.8 Å². The summed E-state index contributed by atoms with van der Waals surface area (Å²) in [6.07, 6.45) is 2.93. The van der Waals surface area contributed by atoms with Crippen LogP contribution in [0.15, 0.2) is 17.6 Å². The average molecular weight is 165 g/mol. The monoisotopic (exact) mass is 165 g/mol. The van der Waals surface area contributed by atoms with E-state index in [1.54, 1.807) is 6.20 Å². The van der Waals surface area contributed by atoms with Gasteiger partial charge in [0.15, 0.2) is 0 Å². The zero-order chi connectivity index (χ0) is 8.81. The van der Waals surface area contributed by atoms with Gasteiger partial charge in [-0.15, -0.1) is 0 Å². The maximum atomic E-state index is 8.07. The number of nitrogens with zero attached hydrogens (tertiary/aromatic N) is 5. The Morgan fingerprint density at radius 3 is 3.25 bits per heavy atom. The molecule has 0 radical (unpaired) electrons. The van der Waals surface area contributed by atoms with Crippen molar-refractivity contribution < 1.29 is 4.74 Å². The van der Waals surface area contributed by atoms with Crippen LogP contribution in [0.2, 0.25) is 0 Å². The van der Waals surface area contributed by atoms with Crippen LogP contribution in [0.4, 0.5) is 0 Å². The number of methoxy groups -OCH3 is 1. The molecule has 0 aliphatic carbocycles. The Labute approximate surface area is 68.8 Å². The van der Waals surface area contributed by atoms with Crippen LogP contribution in [0, 0.1) is 0 Å². The number of hydrogen-bond acceptors (Lipinski definition) is 4. The second-order valence-electron chi connectivity index (χ2n) is 1.95. The Hall–Kier alpha value is -1.81. The lowest BCUT2D eigenvalue weighted by atomic mass is 10.3. The number of hydrogen-bond donors (Lipinski definition) is 0. The maximum Gasteiger partial charge on any atom is 0.219 e. The van der Waals surface area contributed by atoms with Gasteiger partial charge in [0.25, 0.3) is 0 Å². The van der Waals surface area contributed by atoms with Crippen molar-refractivity contribution in [2.75, 3.05) is 7.11 Å². The van der Waals surface area contributed by atoms with E-state index in [4.69, 9.17) is 10.3 Å². The predicted octanol–water partition coefficient (Wildman–Crippen LogP) is 1.30. The summed E-state index contributed by atoms with van der Waals surface area (Å²) in [5.41, 5.74) is 8.75. The van der Waals surface area contributed by atoms with Crippen LogP contribution in [0.3, 0.4) is 0 Å². The molecule has 0 fully saturated rings. The molecule has 0 aliphatic heterocycles. The van der Waals surface area contributed by atoms with Crippen LogP contribution in [0.1, 0.15) is 5.56 Å². The minimum atomic E-state index is 0.209. The molecule has 0 atom stereocenters. The van der Waals surface area contributed by atoms with Gasteiger partial charge in [0, 0.05) is 16.7 Å². The van der Waals surface area contributed by atoms with E-state index in [1.165, 1.54) is 13.4 Å². The number of azide groups is 1. The van der Waals surface area contributed by atoms with Crippen LogP contribution in [0.25, 0.3) is 10.4 Å². The van der Waals surface area contributed by atoms with Crippen LogP contribution >= 0.6 is 0 Å². The first-order valence-electron chi connectivity index (χ1n) is 3.22. The van der Waals surface area contributed by atoms with Gasteiger partial charge in [-0.05, 0) is 5.53 Å². The van der Waals surface area contributed by atoms with Crippen molar-refractivity contribution in [2.45, 2.75) is 6.54 Å². The highest BCUT2D eigenvalue weighted by Gasteiger charge is 2.00. The smallest absolute Gasteiger partial charge is 0.219 e. The quantitative estimate of drug-likeness (QED) is 0.384. The van der Waals surface area contributed by atoms with Crippen molar-refractivity contribution in [3.8, 4) is 5.88 Å². The summed E-state index contributed by atoms with van der Waals surface area (Å²) in [7, 11) is 1.50. The molecule has 0 bridgehead atoms. The molecule has 0 N–H and O–H groups in total. The van der Waals surface area contributed by atoms with Crippen LogP contribution in [0.5, 0.6) is 5.88 Å². The minimum absolute atomic E-state index is 0.209. The van der Waals surface area contributed by atoms with E-state index in [0.717, 1.165) is 0 Å². The number of aromatic nitrogens is 2. The Morgan fingerprint density at radius 2 is 2.58 bits per heavy atom. The molecule has 0 unspecified atom stereocenters. The van der Waals surface area contributed by atoms with Gasteiger partial charge in [-0.25, -0.2) is 9.97 Å². The third kappa shape index (κ3) is 1.83. The molecule has 1 rings (SSSR count). The van der Waals surface area contributed by atoms with E-state index in [-0.39, 0.29) is 6.54 Å². The first-order chi connectivity index (χ1) is 5.88. The van der Waals surface area contributed by atoms with Gasteiger partial charge in [-0.3, -0.25) is 0 Å². The molecule has 0 aliphatic rings. The van der Waals surface area contributed by atoms with Gasteiger partial charge in [0.1, 0.15) is 6.33 Å². The first kappa shape index (κ1) is 8.29. The van der Waals surface area contributed by atoms with Crippen molar-refractivity contribution in [1.29, 1.82) is 0 Å². The Balaban J connectivity index is 2.88. The van der Waals surface area contributed by atoms with E-state index >= 15 is 0 Å². The fourth-order valence-electron chi connectivity index (χ4n) is 0.747. The predicted molar refractivity (Wildman–Crippen MR) is 41.4 cm³/mol. The molecule has 0 amide bonds. The highest BCUT2D eigenvalue weighted by Crippen LogP contribution is 2.12. The molecule has 1 heterocycles. The van der Waals surface area contributed by atoms with Gasteiger partial charge in [0.2, 0.25) is 5.88 Å². The van der Waals surface area contributed by atoms with Gasteiger partial charge >= 0.3 is 0 Å². The summed E-state index contributed by atoms with van der Waals surface area (Å²) in [4.78, 5) is 10.2. The lowest BCUT2D eigenvalue weighted by Crippen LogP contribution is -1.94. The highest BCUT2D eigenvalue weighted by molar-refractivity contribution is 5.21. The summed E-state index contributed by atoms with van der Waals surface area (Å²) < 4.78 is 4.91. The Morgan fingerprint density at radius 1 is 1.75 bits per heavy atom. The van der Waals surface area contributed by atoms with E-state index in [9.17, 15) is 0 Å². The second kappa shape index (κ2) is 4.15. The molecular weight excluding hydrogens is 158 g/mol. The van der Waals surface area contributed by atoms with Gasteiger partial charge in [0.05, 0.1) is 13.7 Å². The lowest BCUT2D eigenvalue weighted by Gasteiger charge is -2.01. The standard InChI is InChI=1S/C6H7N5O/c1-12-6-5(3-10-11-7)2-8-4-9-6/h2,4H,3H2,1H3. The SMILES string of the molecule is COc1ncncc1CN=[N+]=[N-]. The third-order valence-electron chi connectivity index (χ3n) is 1.24. The molecule has 6 nitrogen and oxygen atoms in total. The fourth-order valence-corrected chi connectivity index (χ4v) is 0.747. The van der Waals surface area contributed by atoms with Gasteiger partial charge in [-0.2, -0.15) is 0 Å². The summed E-state index contributed by atoms with van der Waals surface area (Å²) in [5, 5.41) is 3.37. The van der Waals surface area contributed by atoms with E-state index < -0.39 is 0 Å². The van der Waals surface area contributed by atoms with E-state index in [1.807, 2.05) is 0 Å². The number of ether oxygens (including phenoxy) is 1. The summed E-state index contributed by atoms with van der Waals surface area (Å²) in [6.45, 7) is 0.209. The zero-order valence-corrected chi connectivity index (χ0v) is 6.51. The van der Waals surface area contributed by atoms with Gasteiger partial charge in [-0.1, -0.05) is 5.11 Å². The molecule has 62 valence electrons. The molecular formula is C6H7N5O.